The maximum atomic E-state index is 11.8. The molecule has 0 aliphatic heterocycles. The monoisotopic (exact) mass is 312 g/mol. The number of carbonyl (C=O) groups excluding carboxylic acids is 1. The van der Waals surface area contributed by atoms with E-state index >= 15 is 0 Å². The molecule has 1 fully saturated rings. The van der Waals surface area contributed by atoms with Crippen molar-refractivity contribution in [2.24, 2.45) is 0 Å². The highest BCUT2D eigenvalue weighted by Gasteiger charge is 2.27. The largest absolute Gasteiger partial charge is 0.476 e. The Labute approximate surface area is 127 Å². The number of amides is 2. The van der Waals surface area contributed by atoms with E-state index in [1.165, 1.54) is 12.5 Å². The number of nitrogens with zero attached hydrogens (tertiary/aromatic N) is 2. The molecule has 3 N–H and O–H groups in total. The number of rotatable bonds is 6. The zero-order valence-corrected chi connectivity index (χ0v) is 12.7. The molecule has 7 nitrogen and oxygen atoms in total. The van der Waals surface area contributed by atoms with Gasteiger partial charge >= 0.3 is 12.0 Å². The van der Waals surface area contributed by atoms with Crippen molar-refractivity contribution in [2.45, 2.75) is 37.1 Å². The molecule has 8 heteroatoms. The van der Waals surface area contributed by atoms with Crippen LogP contribution in [-0.4, -0.2) is 50.8 Å². The first-order valence-corrected chi connectivity index (χ1v) is 8.21. The van der Waals surface area contributed by atoms with Crippen LogP contribution < -0.4 is 10.6 Å². The van der Waals surface area contributed by atoms with Crippen molar-refractivity contribution in [1.82, 2.24) is 20.2 Å². The number of carboxylic acid groups (broad SMARTS) is 1. The average molecular weight is 312 g/mol. The van der Waals surface area contributed by atoms with Crippen molar-refractivity contribution in [2.75, 3.05) is 12.8 Å². The number of aromatic carboxylic acids is 1. The molecule has 21 heavy (non-hydrogen) atoms. The first-order valence-electron chi connectivity index (χ1n) is 6.92. The van der Waals surface area contributed by atoms with E-state index in [-0.39, 0.29) is 17.8 Å². The first kappa shape index (κ1) is 15.7. The normalized spacial score (nSPS) is 21.2. The number of nitrogens with one attached hydrogen (secondary N) is 2. The first-order chi connectivity index (χ1) is 10.1. The van der Waals surface area contributed by atoms with Crippen molar-refractivity contribution in [1.29, 1.82) is 0 Å². The Morgan fingerprint density at radius 1 is 1.52 bits per heavy atom. The summed E-state index contributed by atoms with van der Waals surface area (Å²) in [4.78, 5) is 26.3. The fourth-order valence-corrected chi connectivity index (χ4v) is 3.42. The Morgan fingerprint density at radius 3 is 3.00 bits per heavy atom. The van der Waals surface area contributed by atoms with E-state index in [9.17, 15) is 9.59 Å². The van der Waals surface area contributed by atoms with Crippen LogP contribution in [0.1, 0.15) is 29.8 Å². The zero-order chi connectivity index (χ0) is 15.2. The molecule has 1 saturated carbocycles. The summed E-state index contributed by atoms with van der Waals surface area (Å²) < 4.78 is 1.64. The van der Waals surface area contributed by atoms with Gasteiger partial charge in [0.25, 0.3) is 0 Å². The van der Waals surface area contributed by atoms with Crippen LogP contribution >= 0.6 is 11.8 Å². The van der Waals surface area contributed by atoms with Crippen LogP contribution in [0.4, 0.5) is 4.79 Å². The summed E-state index contributed by atoms with van der Waals surface area (Å²) in [5.41, 5.74) is 0.00761. The van der Waals surface area contributed by atoms with Crippen LogP contribution in [0.25, 0.3) is 0 Å². The molecule has 1 aromatic heterocycles. The van der Waals surface area contributed by atoms with Gasteiger partial charge < -0.3 is 20.3 Å². The number of urea groups is 1. The van der Waals surface area contributed by atoms with Gasteiger partial charge in [0.2, 0.25) is 0 Å². The summed E-state index contributed by atoms with van der Waals surface area (Å²) in [6.45, 7) is 0.919. The smallest absolute Gasteiger partial charge is 0.356 e. The number of imidazole rings is 1. The van der Waals surface area contributed by atoms with E-state index in [4.69, 9.17) is 5.11 Å². The number of carboxylic acids is 1. The van der Waals surface area contributed by atoms with E-state index in [1.807, 2.05) is 0 Å². The number of aromatic nitrogens is 2. The van der Waals surface area contributed by atoms with Crippen LogP contribution in [0.3, 0.4) is 0 Å². The van der Waals surface area contributed by atoms with Gasteiger partial charge in [-0.1, -0.05) is 6.42 Å². The number of hydrogen-bond donors (Lipinski definition) is 3. The van der Waals surface area contributed by atoms with Crippen molar-refractivity contribution in [3.63, 3.8) is 0 Å². The molecule has 2 rings (SSSR count). The molecule has 1 aliphatic carbocycles. The van der Waals surface area contributed by atoms with E-state index in [2.05, 4.69) is 21.9 Å². The Bertz CT molecular complexity index is 505. The second-order valence-corrected chi connectivity index (χ2v) is 6.09. The topological polar surface area (TPSA) is 96.3 Å². The standard InChI is InChI=1S/C13H20N4O3S/c1-21-11-4-2-3-9(11)16-13(20)14-5-6-17-7-10(12(18)19)15-8-17/h7-9,11H,2-6H2,1H3,(H,18,19)(H2,14,16,20). The van der Waals surface area contributed by atoms with Gasteiger partial charge in [-0.2, -0.15) is 11.8 Å². The Morgan fingerprint density at radius 2 is 2.33 bits per heavy atom. The van der Waals surface area contributed by atoms with E-state index in [0.717, 1.165) is 19.3 Å². The van der Waals surface area contributed by atoms with Crippen molar-refractivity contribution >= 4 is 23.8 Å². The summed E-state index contributed by atoms with van der Waals surface area (Å²) >= 11 is 1.80. The molecule has 0 spiro atoms. The maximum absolute atomic E-state index is 11.8. The maximum Gasteiger partial charge on any atom is 0.356 e. The third-order valence-corrected chi connectivity index (χ3v) is 4.75. The van der Waals surface area contributed by atoms with E-state index in [0.29, 0.717) is 18.3 Å². The summed E-state index contributed by atoms with van der Waals surface area (Å²) in [7, 11) is 0. The van der Waals surface area contributed by atoms with Crippen LogP contribution in [0.2, 0.25) is 0 Å². The highest BCUT2D eigenvalue weighted by Crippen LogP contribution is 2.28. The summed E-state index contributed by atoms with van der Waals surface area (Å²) in [5.74, 6) is -1.05. The summed E-state index contributed by atoms with van der Waals surface area (Å²) in [5, 5.41) is 15.0. The minimum absolute atomic E-state index is 0.00761. The molecule has 2 atom stereocenters. The van der Waals surface area contributed by atoms with Gasteiger partial charge in [0.05, 0.1) is 6.33 Å². The van der Waals surface area contributed by atoms with Crippen molar-refractivity contribution in [3.8, 4) is 0 Å². The van der Waals surface area contributed by atoms with Gasteiger partial charge in [-0.05, 0) is 19.1 Å². The molecular formula is C13H20N4O3S. The number of carbonyl (C=O) groups is 2. The molecule has 116 valence electrons. The second kappa shape index (κ2) is 7.35. The van der Waals surface area contributed by atoms with Crippen LogP contribution in [-0.2, 0) is 6.54 Å². The average Bonchev–Trinajstić information content (AvgIpc) is 3.07. The SMILES string of the molecule is CSC1CCCC1NC(=O)NCCn1cnc(C(=O)O)c1. The van der Waals surface area contributed by atoms with Crippen molar-refractivity contribution < 1.29 is 14.7 Å². The van der Waals surface area contributed by atoms with Crippen molar-refractivity contribution in [3.05, 3.63) is 18.2 Å². The molecular weight excluding hydrogens is 292 g/mol. The minimum Gasteiger partial charge on any atom is -0.476 e. The Hall–Kier alpha value is -1.70. The molecule has 1 heterocycles. The van der Waals surface area contributed by atoms with Crippen LogP contribution in [0, 0.1) is 0 Å². The van der Waals surface area contributed by atoms with Gasteiger partial charge in [-0.3, -0.25) is 0 Å². The Balaban J connectivity index is 1.70. The lowest BCUT2D eigenvalue weighted by molar-refractivity contribution is 0.0691. The molecule has 2 amide bonds. The lowest BCUT2D eigenvalue weighted by Crippen LogP contribution is -2.45. The second-order valence-electron chi connectivity index (χ2n) is 5.01. The van der Waals surface area contributed by atoms with Gasteiger partial charge in [-0.25, -0.2) is 14.6 Å². The molecule has 1 aliphatic rings. The van der Waals surface area contributed by atoms with Crippen LogP contribution in [0.15, 0.2) is 12.5 Å². The van der Waals surface area contributed by atoms with Gasteiger partial charge in [0.1, 0.15) is 0 Å². The molecule has 0 saturated heterocycles. The third kappa shape index (κ3) is 4.38. The van der Waals surface area contributed by atoms with Gasteiger partial charge in [0, 0.05) is 30.6 Å². The predicted octanol–water partition coefficient (Wildman–Crippen LogP) is 1.16. The van der Waals surface area contributed by atoms with Gasteiger partial charge in [0.15, 0.2) is 5.69 Å². The molecule has 0 bridgehead atoms. The highest BCUT2D eigenvalue weighted by atomic mass is 32.2. The summed E-state index contributed by atoms with van der Waals surface area (Å²) in [6, 6.07) is 0.0754. The zero-order valence-electron chi connectivity index (χ0n) is 11.9. The predicted molar refractivity (Wildman–Crippen MR) is 80.7 cm³/mol. The van der Waals surface area contributed by atoms with Gasteiger partial charge in [-0.15, -0.1) is 0 Å². The number of hydrogen-bond acceptors (Lipinski definition) is 4. The molecule has 0 radical (unpaired) electrons. The molecule has 1 aromatic rings. The fraction of sp³-hybridized carbons (Fsp3) is 0.615. The minimum atomic E-state index is -1.05. The van der Waals surface area contributed by atoms with E-state index in [1.54, 1.807) is 16.3 Å². The molecule has 2 unspecified atom stereocenters. The lowest BCUT2D eigenvalue weighted by atomic mass is 10.2. The summed E-state index contributed by atoms with van der Waals surface area (Å²) in [6.07, 6.45) is 8.30. The third-order valence-electron chi connectivity index (χ3n) is 3.58. The molecule has 0 aromatic carbocycles. The fourth-order valence-electron chi connectivity index (χ4n) is 2.48. The quantitative estimate of drug-likeness (QED) is 0.732. The highest BCUT2D eigenvalue weighted by molar-refractivity contribution is 7.99. The lowest BCUT2D eigenvalue weighted by Gasteiger charge is -2.19. The number of thioether (sulfide) groups is 1. The Kier molecular flexibility index (Phi) is 5.49. The van der Waals surface area contributed by atoms with Crippen LogP contribution in [0.5, 0.6) is 0 Å². The van der Waals surface area contributed by atoms with E-state index < -0.39 is 5.97 Å².